The molecule has 0 bridgehead atoms. The Balaban J connectivity index is 2.08. The lowest BCUT2D eigenvalue weighted by Gasteiger charge is -2.32. The minimum Gasteiger partial charge on any atom is -0.394 e. The molecule has 1 amide bonds. The number of carbonyl (C=O) groups is 1. The summed E-state index contributed by atoms with van der Waals surface area (Å²) in [6, 6.07) is -1.00. The highest BCUT2D eigenvalue weighted by molar-refractivity contribution is 5.88. The van der Waals surface area contributed by atoms with E-state index in [1.807, 2.05) is 0 Å². The monoisotopic (exact) mass is 403 g/mol. The molecule has 9 heteroatoms. The van der Waals surface area contributed by atoms with Gasteiger partial charge in [-0.1, -0.05) is 64.7 Å². The Hall–Kier alpha value is -1.42. The normalized spacial score (nSPS) is 24.5. The molecule has 0 saturated heterocycles. The smallest absolute Gasteiger partial charge is 0.394 e. The third-order valence-electron chi connectivity index (χ3n) is 4.89. The van der Waals surface area contributed by atoms with Crippen LogP contribution in [-0.2, 0) is 4.84 Å². The van der Waals surface area contributed by atoms with E-state index in [9.17, 15) is 20.1 Å². The molecule has 0 radical (unpaired) electrons. The van der Waals surface area contributed by atoms with E-state index in [1.54, 1.807) is 0 Å². The predicted octanol–water partition coefficient (Wildman–Crippen LogP) is 0.994. The number of rotatable bonds is 12. The summed E-state index contributed by atoms with van der Waals surface area (Å²) in [5, 5.41) is 40.9. The van der Waals surface area contributed by atoms with Crippen molar-refractivity contribution >= 4 is 11.9 Å². The van der Waals surface area contributed by atoms with E-state index in [0.29, 0.717) is 6.54 Å². The molecule has 0 aromatic heterocycles. The molecule has 164 valence electrons. The van der Waals surface area contributed by atoms with Crippen LogP contribution < -0.4 is 10.8 Å². The minimum absolute atomic E-state index is 0.217. The third-order valence-corrected chi connectivity index (χ3v) is 4.89. The van der Waals surface area contributed by atoms with E-state index in [-0.39, 0.29) is 5.84 Å². The molecule has 6 N–H and O–H groups in total. The number of hydrogen-bond donors (Lipinski definition) is 6. The SMILES string of the molecule is CCCCCCCCCCCCNC(=O)ONC1=N[C@H](CO)[C@@H](O)[C@H](O)[C@H]1O. The van der Waals surface area contributed by atoms with Crippen LogP contribution in [0.1, 0.15) is 71.1 Å². The fourth-order valence-electron chi connectivity index (χ4n) is 3.08. The Kier molecular flexibility index (Phi) is 12.8. The molecule has 1 heterocycles. The molecule has 0 fully saturated rings. The zero-order valence-electron chi connectivity index (χ0n) is 16.8. The molecule has 1 aliphatic heterocycles. The van der Waals surface area contributed by atoms with Gasteiger partial charge in [0, 0.05) is 6.54 Å². The van der Waals surface area contributed by atoms with E-state index in [1.165, 1.54) is 44.9 Å². The van der Waals surface area contributed by atoms with Crippen molar-refractivity contribution in [3.05, 3.63) is 0 Å². The van der Waals surface area contributed by atoms with Crippen molar-refractivity contribution in [2.24, 2.45) is 4.99 Å². The summed E-state index contributed by atoms with van der Waals surface area (Å²) < 4.78 is 0. The molecule has 28 heavy (non-hydrogen) atoms. The predicted molar refractivity (Wildman–Crippen MR) is 106 cm³/mol. The number of unbranched alkanes of at least 4 members (excludes halogenated alkanes) is 9. The number of amidine groups is 1. The summed E-state index contributed by atoms with van der Waals surface area (Å²) in [5.74, 6) is -0.217. The maximum Gasteiger partial charge on any atom is 0.431 e. The average Bonchev–Trinajstić information content (AvgIpc) is 2.69. The molecule has 0 aliphatic carbocycles. The van der Waals surface area contributed by atoms with E-state index in [0.717, 1.165) is 19.3 Å². The molecular formula is C19H37N3O6. The summed E-state index contributed by atoms with van der Waals surface area (Å²) in [7, 11) is 0. The molecule has 4 atom stereocenters. The third kappa shape index (κ3) is 9.18. The van der Waals surface area contributed by atoms with Gasteiger partial charge in [-0.05, 0) is 6.42 Å². The number of hydroxylamine groups is 1. The van der Waals surface area contributed by atoms with Crippen molar-refractivity contribution in [3.8, 4) is 0 Å². The zero-order valence-corrected chi connectivity index (χ0v) is 16.8. The van der Waals surface area contributed by atoms with E-state index < -0.39 is 37.1 Å². The average molecular weight is 404 g/mol. The van der Waals surface area contributed by atoms with Crippen LogP contribution in [0.25, 0.3) is 0 Å². The Bertz CT molecular complexity index is 463. The summed E-state index contributed by atoms with van der Waals surface area (Å²) in [6.07, 6.45) is 6.89. The second-order valence-electron chi connectivity index (χ2n) is 7.29. The Morgan fingerprint density at radius 2 is 1.54 bits per heavy atom. The lowest BCUT2D eigenvalue weighted by molar-refractivity contribution is -0.0625. The van der Waals surface area contributed by atoms with Gasteiger partial charge in [0.1, 0.15) is 24.4 Å². The molecule has 0 aromatic carbocycles. The number of aliphatic hydroxyl groups is 4. The molecule has 9 nitrogen and oxygen atoms in total. The van der Waals surface area contributed by atoms with Crippen LogP contribution in [-0.4, -0.2) is 69.9 Å². The van der Waals surface area contributed by atoms with Crippen molar-refractivity contribution in [2.45, 2.75) is 95.5 Å². The second-order valence-corrected chi connectivity index (χ2v) is 7.29. The summed E-state index contributed by atoms with van der Waals surface area (Å²) in [5.41, 5.74) is 2.18. The van der Waals surface area contributed by atoms with Gasteiger partial charge in [0.2, 0.25) is 0 Å². The highest BCUT2D eigenvalue weighted by atomic mass is 16.7. The fraction of sp³-hybridized carbons (Fsp3) is 0.895. The van der Waals surface area contributed by atoms with Crippen molar-refractivity contribution in [3.63, 3.8) is 0 Å². The first-order chi connectivity index (χ1) is 13.5. The first-order valence-corrected chi connectivity index (χ1v) is 10.4. The molecule has 1 aliphatic rings. The van der Waals surface area contributed by atoms with Gasteiger partial charge in [-0.25, -0.2) is 10.3 Å². The van der Waals surface area contributed by atoms with Crippen LogP contribution in [0.2, 0.25) is 0 Å². The zero-order chi connectivity index (χ0) is 20.8. The maximum atomic E-state index is 11.7. The number of aliphatic imine (C=N–C) groups is 1. The number of nitrogens with zero attached hydrogens (tertiary/aromatic N) is 1. The van der Waals surface area contributed by atoms with Gasteiger partial charge in [0.25, 0.3) is 0 Å². The van der Waals surface area contributed by atoms with E-state index in [4.69, 9.17) is 9.94 Å². The molecule has 0 spiro atoms. The number of nitrogens with one attached hydrogen (secondary N) is 2. The van der Waals surface area contributed by atoms with Crippen LogP contribution in [0.4, 0.5) is 4.79 Å². The fourth-order valence-corrected chi connectivity index (χ4v) is 3.08. The molecule has 0 unspecified atom stereocenters. The number of amides is 1. The van der Waals surface area contributed by atoms with Crippen LogP contribution >= 0.6 is 0 Å². The van der Waals surface area contributed by atoms with Crippen LogP contribution in [0.5, 0.6) is 0 Å². The highest BCUT2D eigenvalue weighted by Gasteiger charge is 2.39. The molecule has 0 saturated carbocycles. The Morgan fingerprint density at radius 1 is 0.964 bits per heavy atom. The first-order valence-electron chi connectivity index (χ1n) is 10.4. The van der Waals surface area contributed by atoms with E-state index in [2.05, 4.69) is 22.7 Å². The quantitative estimate of drug-likeness (QED) is 0.211. The largest absolute Gasteiger partial charge is 0.431 e. The number of aliphatic hydroxyl groups excluding tert-OH is 4. The standard InChI is InChI=1S/C19H37N3O6/c1-2-3-4-5-6-7-8-9-10-11-12-20-19(27)28-22-18-17(26)16(25)15(24)14(13-23)21-18/h14-17,23-26H,2-13H2,1H3,(H,20,27)(H,21,22)/t14-,15-,16+,17-/m1/s1. The Morgan fingerprint density at radius 3 is 2.11 bits per heavy atom. The second kappa shape index (κ2) is 14.6. The van der Waals surface area contributed by atoms with Gasteiger partial charge >= 0.3 is 6.09 Å². The van der Waals surface area contributed by atoms with Gasteiger partial charge in [0.15, 0.2) is 5.84 Å². The van der Waals surface area contributed by atoms with Gasteiger partial charge in [-0.2, -0.15) is 0 Å². The lowest BCUT2D eigenvalue weighted by atomic mass is 9.97. The van der Waals surface area contributed by atoms with Gasteiger partial charge in [-0.15, -0.1) is 0 Å². The lowest BCUT2D eigenvalue weighted by Crippen LogP contribution is -2.56. The van der Waals surface area contributed by atoms with Gasteiger partial charge in [-0.3, -0.25) is 4.99 Å². The van der Waals surface area contributed by atoms with Crippen molar-refractivity contribution in [2.75, 3.05) is 13.2 Å². The summed E-state index contributed by atoms with van der Waals surface area (Å²) >= 11 is 0. The molecule has 0 aromatic rings. The van der Waals surface area contributed by atoms with Gasteiger partial charge < -0.3 is 30.6 Å². The summed E-state index contributed by atoms with van der Waals surface area (Å²) in [4.78, 5) is 20.2. The van der Waals surface area contributed by atoms with Crippen molar-refractivity contribution in [1.82, 2.24) is 10.8 Å². The topological polar surface area (TPSA) is 144 Å². The van der Waals surface area contributed by atoms with E-state index >= 15 is 0 Å². The maximum absolute atomic E-state index is 11.7. The van der Waals surface area contributed by atoms with Crippen molar-refractivity contribution in [1.29, 1.82) is 0 Å². The van der Waals surface area contributed by atoms with Gasteiger partial charge in [0.05, 0.1) is 6.61 Å². The summed E-state index contributed by atoms with van der Waals surface area (Å²) in [6.45, 7) is 2.18. The number of carbonyl (C=O) groups excluding carboxylic acids is 1. The molecule has 1 rings (SSSR count). The first kappa shape index (κ1) is 24.6. The molecular weight excluding hydrogens is 366 g/mol. The number of hydrogen-bond acceptors (Lipinski definition) is 8. The van der Waals surface area contributed by atoms with Crippen molar-refractivity contribution < 1.29 is 30.1 Å². The minimum atomic E-state index is -1.53. The van der Waals surface area contributed by atoms with Crippen LogP contribution in [0, 0.1) is 0 Å². The van der Waals surface area contributed by atoms with Crippen LogP contribution in [0.3, 0.4) is 0 Å². The Labute approximate surface area is 167 Å². The highest BCUT2D eigenvalue weighted by Crippen LogP contribution is 2.15. The van der Waals surface area contributed by atoms with Crippen LogP contribution in [0.15, 0.2) is 4.99 Å².